The maximum Gasteiger partial charge on any atom is 0.262 e. The summed E-state index contributed by atoms with van der Waals surface area (Å²) in [4.78, 5) is 16.7. The van der Waals surface area contributed by atoms with Crippen molar-refractivity contribution >= 4 is 44.7 Å². The molecule has 0 aliphatic carbocycles. The molecule has 1 heterocycles. The van der Waals surface area contributed by atoms with Gasteiger partial charge in [-0.25, -0.2) is 4.98 Å². The van der Waals surface area contributed by atoms with Crippen LogP contribution in [0.1, 0.15) is 5.56 Å². The highest BCUT2D eigenvalue weighted by molar-refractivity contribution is 7.21. The highest BCUT2D eigenvalue weighted by Gasteiger charge is 2.08. The number of halogens is 1. The van der Waals surface area contributed by atoms with Crippen molar-refractivity contribution in [2.45, 2.75) is 0 Å². The molecule has 0 bridgehead atoms. The largest absolute Gasteiger partial charge is 0.484 e. The van der Waals surface area contributed by atoms with Gasteiger partial charge in [0.05, 0.1) is 20.8 Å². The fourth-order valence-corrected chi connectivity index (χ4v) is 3.91. The number of thiazole rings is 1. The molecule has 0 spiro atoms. The molecular weight excluding hydrogens is 406 g/mol. The van der Waals surface area contributed by atoms with Gasteiger partial charge in [0.15, 0.2) is 6.61 Å². The number of nitrogens with one attached hydrogen (secondary N) is 1. The van der Waals surface area contributed by atoms with E-state index in [-0.39, 0.29) is 17.5 Å². The number of nitrogens with zero attached hydrogens (tertiary/aromatic N) is 2. The van der Waals surface area contributed by atoms with Crippen molar-refractivity contribution in [3.63, 3.8) is 0 Å². The number of ether oxygens (including phenoxy) is 1. The van der Waals surface area contributed by atoms with Crippen molar-refractivity contribution < 1.29 is 9.53 Å². The number of amides is 1. The van der Waals surface area contributed by atoms with Crippen LogP contribution in [0.3, 0.4) is 0 Å². The number of anilines is 1. The van der Waals surface area contributed by atoms with Crippen molar-refractivity contribution in [2.24, 2.45) is 0 Å². The van der Waals surface area contributed by atoms with Crippen molar-refractivity contribution in [2.75, 3.05) is 11.9 Å². The fourth-order valence-electron chi connectivity index (χ4n) is 2.72. The van der Waals surface area contributed by atoms with Crippen LogP contribution in [0.5, 0.6) is 5.75 Å². The third-order valence-electron chi connectivity index (χ3n) is 4.14. The van der Waals surface area contributed by atoms with Crippen molar-refractivity contribution in [1.29, 1.82) is 5.26 Å². The second-order valence-corrected chi connectivity index (χ2v) is 7.59. The number of rotatable bonds is 5. The molecule has 0 saturated heterocycles. The van der Waals surface area contributed by atoms with Crippen molar-refractivity contribution in [3.05, 3.63) is 77.3 Å². The molecule has 4 aromatic rings. The smallest absolute Gasteiger partial charge is 0.262 e. The predicted octanol–water partition coefficient (Wildman–Crippen LogP) is 5.51. The second kappa shape index (κ2) is 8.31. The molecule has 5 nitrogen and oxygen atoms in total. The molecule has 0 aliphatic heterocycles. The fraction of sp³-hybridized carbons (Fsp3) is 0.0455. The lowest BCUT2D eigenvalue weighted by Gasteiger charge is -2.08. The van der Waals surface area contributed by atoms with E-state index in [0.29, 0.717) is 17.0 Å². The van der Waals surface area contributed by atoms with Crippen LogP contribution in [0, 0.1) is 11.3 Å². The molecule has 0 fully saturated rings. The summed E-state index contributed by atoms with van der Waals surface area (Å²) >= 11 is 7.60. The number of hydrogen-bond acceptors (Lipinski definition) is 5. The van der Waals surface area contributed by atoms with E-state index in [1.807, 2.05) is 54.6 Å². The molecule has 29 heavy (non-hydrogen) atoms. The van der Waals surface area contributed by atoms with E-state index in [0.717, 1.165) is 20.8 Å². The lowest BCUT2D eigenvalue weighted by molar-refractivity contribution is -0.118. The van der Waals surface area contributed by atoms with Gasteiger partial charge >= 0.3 is 0 Å². The maximum absolute atomic E-state index is 12.1. The molecule has 1 N–H and O–H groups in total. The van der Waals surface area contributed by atoms with Gasteiger partial charge in [-0.15, -0.1) is 11.3 Å². The Bertz CT molecular complexity index is 1200. The molecule has 1 amide bonds. The number of aromatic nitrogens is 1. The van der Waals surface area contributed by atoms with Crippen molar-refractivity contribution in [1.82, 2.24) is 4.98 Å². The van der Waals surface area contributed by atoms with E-state index in [9.17, 15) is 4.79 Å². The van der Waals surface area contributed by atoms with Gasteiger partial charge in [0.25, 0.3) is 5.91 Å². The normalized spacial score (nSPS) is 10.5. The summed E-state index contributed by atoms with van der Waals surface area (Å²) < 4.78 is 6.69. The molecule has 4 rings (SSSR count). The zero-order valence-electron chi connectivity index (χ0n) is 15.1. The van der Waals surface area contributed by atoms with Crippen molar-refractivity contribution in [3.8, 4) is 22.4 Å². The van der Waals surface area contributed by atoms with Crippen LogP contribution in [-0.2, 0) is 4.79 Å². The van der Waals surface area contributed by atoms with Gasteiger partial charge in [0.2, 0.25) is 0 Å². The Morgan fingerprint density at radius 3 is 2.66 bits per heavy atom. The van der Waals surface area contributed by atoms with Crippen LogP contribution in [0.4, 0.5) is 5.69 Å². The average molecular weight is 420 g/mol. The number of para-hydroxylation sites is 1. The summed E-state index contributed by atoms with van der Waals surface area (Å²) in [5.41, 5.74) is 2.84. The summed E-state index contributed by atoms with van der Waals surface area (Å²) in [5.74, 6) is 0.267. The first kappa shape index (κ1) is 18.9. The predicted molar refractivity (Wildman–Crippen MR) is 115 cm³/mol. The summed E-state index contributed by atoms with van der Waals surface area (Å²) in [6.45, 7) is -0.141. The van der Waals surface area contributed by atoms with Gasteiger partial charge in [-0.2, -0.15) is 5.26 Å². The summed E-state index contributed by atoms with van der Waals surface area (Å²) in [6.07, 6.45) is 0. The second-order valence-electron chi connectivity index (χ2n) is 6.15. The van der Waals surface area contributed by atoms with E-state index in [4.69, 9.17) is 21.6 Å². The number of nitriles is 1. The Hall–Kier alpha value is -3.40. The van der Waals surface area contributed by atoms with Crippen LogP contribution in [-0.4, -0.2) is 17.5 Å². The van der Waals surface area contributed by atoms with Crippen LogP contribution in [0.2, 0.25) is 5.02 Å². The molecule has 1 aromatic heterocycles. The van der Waals surface area contributed by atoms with Gasteiger partial charge in [-0.3, -0.25) is 4.79 Å². The summed E-state index contributed by atoms with van der Waals surface area (Å²) in [5, 5.41) is 12.8. The van der Waals surface area contributed by atoms with Crippen LogP contribution in [0.15, 0.2) is 66.7 Å². The minimum atomic E-state index is -0.318. The molecule has 0 aliphatic rings. The standard InChI is InChI=1S/C22H14ClN3O2S/c23-18-11-16(8-5-15(18)12-24)25-21(27)13-28-17-9-6-14(7-10-17)22-26-19-3-1-2-4-20(19)29-22/h1-11H,13H2,(H,25,27). The van der Waals surface area contributed by atoms with Crippen LogP contribution >= 0.6 is 22.9 Å². The first-order valence-corrected chi connectivity index (χ1v) is 9.90. The Morgan fingerprint density at radius 1 is 1.14 bits per heavy atom. The third kappa shape index (κ3) is 4.37. The first-order chi connectivity index (χ1) is 14.1. The van der Waals surface area contributed by atoms with Crippen LogP contribution < -0.4 is 10.1 Å². The van der Waals surface area contributed by atoms with E-state index in [2.05, 4.69) is 10.3 Å². The molecule has 3 aromatic carbocycles. The third-order valence-corrected chi connectivity index (χ3v) is 5.54. The van der Waals surface area contributed by atoms with Gasteiger partial charge in [-0.1, -0.05) is 23.7 Å². The summed E-state index contributed by atoms with van der Waals surface area (Å²) in [6, 6.07) is 22.2. The SMILES string of the molecule is N#Cc1ccc(NC(=O)COc2ccc(-c3nc4ccccc4s3)cc2)cc1Cl. The van der Waals surface area contributed by atoms with E-state index in [1.165, 1.54) is 6.07 Å². The van der Waals surface area contributed by atoms with Gasteiger partial charge in [-0.05, 0) is 54.6 Å². The number of benzene rings is 3. The number of carbonyl (C=O) groups is 1. The van der Waals surface area contributed by atoms with E-state index >= 15 is 0 Å². The van der Waals surface area contributed by atoms with E-state index in [1.54, 1.807) is 23.5 Å². The van der Waals surface area contributed by atoms with Gasteiger partial charge < -0.3 is 10.1 Å². The number of fused-ring (bicyclic) bond motifs is 1. The highest BCUT2D eigenvalue weighted by Crippen LogP contribution is 2.30. The zero-order valence-corrected chi connectivity index (χ0v) is 16.6. The topological polar surface area (TPSA) is 75.0 Å². The monoisotopic (exact) mass is 419 g/mol. The molecule has 0 unspecified atom stereocenters. The Kier molecular flexibility index (Phi) is 5.43. The quantitative estimate of drug-likeness (QED) is 0.463. The lowest BCUT2D eigenvalue weighted by atomic mass is 10.2. The Labute approximate surface area is 176 Å². The Morgan fingerprint density at radius 2 is 1.93 bits per heavy atom. The van der Waals surface area contributed by atoms with Gasteiger partial charge in [0, 0.05) is 11.3 Å². The maximum atomic E-state index is 12.1. The minimum absolute atomic E-state index is 0.141. The molecule has 0 saturated carbocycles. The number of carbonyl (C=O) groups excluding carboxylic acids is 1. The average Bonchev–Trinajstić information content (AvgIpc) is 3.17. The molecule has 0 radical (unpaired) electrons. The van der Waals surface area contributed by atoms with Gasteiger partial charge in [0.1, 0.15) is 16.8 Å². The molecule has 0 atom stereocenters. The molecule has 7 heteroatoms. The first-order valence-electron chi connectivity index (χ1n) is 8.71. The summed E-state index contributed by atoms with van der Waals surface area (Å²) in [7, 11) is 0. The Balaban J connectivity index is 1.37. The highest BCUT2D eigenvalue weighted by atomic mass is 35.5. The molecule has 142 valence electrons. The van der Waals surface area contributed by atoms with Crippen LogP contribution in [0.25, 0.3) is 20.8 Å². The molecular formula is C22H14ClN3O2S. The van der Waals surface area contributed by atoms with E-state index < -0.39 is 0 Å². The lowest BCUT2D eigenvalue weighted by Crippen LogP contribution is -2.20. The minimum Gasteiger partial charge on any atom is -0.484 e. The zero-order chi connectivity index (χ0) is 20.2. The number of hydrogen-bond donors (Lipinski definition) is 1.